The first-order valence-electron chi connectivity index (χ1n) is 7.16. The molecule has 0 spiro atoms. The molecule has 0 saturated heterocycles. The van der Waals surface area contributed by atoms with Gasteiger partial charge in [0.15, 0.2) is 0 Å². The standard InChI is InChI=1S/C16H25ClN2O/c1-12(2)10-19(11-13(3)4)16(20)9-18-15-8-6-5-7-14(15)17/h5-8,12-13,18H,9-11H2,1-4H3. The fourth-order valence-corrected chi connectivity index (χ4v) is 2.25. The quantitative estimate of drug-likeness (QED) is 0.828. The number of nitrogens with one attached hydrogen (secondary N) is 1. The molecule has 0 atom stereocenters. The lowest BCUT2D eigenvalue weighted by molar-refractivity contribution is -0.130. The molecule has 112 valence electrons. The van der Waals surface area contributed by atoms with E-state index >= 15 is 0 Å². The Bertz CT molecular complexity index is 422. The van der Waals surface area contributed by atoms with Gasteiger partial charge in [-0.3, -0.25) is 4.79 Å². The number of halogens is 1. The molecule has 3 nitrogen and oxygen atoms in total. The first kappa shape index (κ1) is 16.8. The second-order valence-electron chi connectivity index (χ2n) is 5.92. The van der Waals surface area contributed by atoms with Gasteiger partial charge in [0.2, 0.25) is 5.91 Å². The third-order valence-corrected chi connectivity index (χ3v) is 3.16. The van der Waals surface area contributed by atoms with Crippen LogP contribution in [0.25, 0.3) is 0 Å². The number of hydrogen-bond donors (Lipinski definition) is 1. The Kier molecular flexibility index (Phi) is 6.86. The maximum absolute atomic E-state index is 12.3. The first-order chi connectivity index (χ1) is 9.40. The van der Waals surface area contributed by atoms with Crippen LogP contribution >= 0.6 is 11.6 Å². The summed E-state index contributed by atoms with van der Waals surface area (Å²) in [6, 6.07) is 7.47. The van der Waals surface area contributed by atoms with Crippen LogP contribution < -0.4 is 5.32 Å². The highest BCUT2D eigenvalue weighted by Crippen LogP contribution is 2.20. The third kappa shape index (κ3) is 5.83. The predicted octanol–water partition coefficient (Wildman–Crippen LogP) is 3.89. The zero-order chi connectivity index (χ0) is 15.1. The van der Waals surface area contributed by atoms with Gasteiger partial charge >= 0.3 is 0 Å². The Morgan fingerprint density at radius 3 is 2.20 bits per heavy atom. The predicted molar refractivity (Wildman–Crippen MR) is 86.2 cm³/mol. The van der Waals surface area contributed by atoms with Crippen LogP contribution in [0.5, 0.6) is 0 Å². The van der Waals surface area contributed by atoms with Crippen molar-refractivity contribution in [3.8, 4) is 0 Å². The average molecular weight is 297 g/mol. The summed E-state index contributed by atoms with van der Waals surface area (Å²) in [6.45, 7) is 10.4. The number of hydrogen-bond acceptors (Lipinski definition) is 2. The Labute approximate surface area is 127 Å². The van der Waals surface area contributed by atoms with E-state index in [0.29, 0.717) is 16.9 Å². The van der Waals surface area contributed by atoms with Crippen molar-refractivity contribution in [3.05, 3.63) is 29.3 Å². The minimum atomic E-state index is 0.118. The molecule has 1 aromatic carbocycles. The van der Waals surface area contributed by atoms with E-state index in [1.54, 1.807) is 0 Å². The van der Waals surface area contributed by atoms with E-state index in [0.717, 1.165) is 18.8 Å². The molecule has 0 radical (unpaired) electrons. The van der Waals surface area contributed by atoms with Crippen molar-refractivity contribution in [3.63, 3.8) is 0 Å². The lowest BCUT2D eigenvalue weighted by atomic mass is 10.1. The monoisotopic (exact) mass is 296 g/mol. The molecule has 0 aliphatic carbocycles. The number of carbonyl (C=O) groups excluding carboxylic acids is 1. The Balaban J connectivity index is 2.59. The minimum Gasteiger partial charge on any atom is -0.375 e. The number of benzene rings is 1. The topological polar surface area (TPSA) is 32.3 Å². The molecule has 1 aromatic rings. The van der Waals surface area contributed by atoms with E-state index in [2.05, 4.69) is 33.0 Å². The van der Waals surface area contributed by atoms with Gasteiger partial charge in [-0.15, -0.1) is 0 Å². The van der Waals surface area contributed by atoms with Crippen molar-refractivity contribution < 1.29 is 4.79 Å². The SMILES string of the molecule is CC(C)CN(CC(C)C)C(=O)CNc1ccccc1Cl. The largest absolute Gasteiger partial charge is 0.375 e. The van der Waals surface area contributed by atoms with Gasteiger partial charge in [-0.25, -0.2) is 0 Å². The fraction of sp³-hybridized carbons (Fsp3) is 0.562. The van der Waals surface area contributed by atoms with Gasteiger partial charge in [0, 0.05) is 13.1 Å². The van der Waals surface area contributed by atoms with Crippen molar-refractivity contribution in [2.75, 3.05) is 25.0 Å². The molecule has 0 fully saturated rings. The van der Waals surface area contributed by atoms with Crippen LogP contribution in [0.4, 0.5) is 5.69 Å². The minimum absolute atomic E-state index is 0.118. The van der Waals surface area contributed by atoms with Crippen LogP contribution in [-0.4, -0.2) is 30.4 Å². The Morgan fingerprint density at radius 1 is 1.15 bits per heavy atom. The van der Waals surface area contributed by atoms with Crippen LogP contribution in [0.1, 0.15) is 27.7 Å². The number of nitrogens with zero attached hydrogens (tertiary/aromatic N) is 1. The van der Waals surface area contributed by atoms with Crippen molar-refractivity contribution >= 4 is 23.2 Å². The Hall–Kier alpha value is -1.22. The van der Waals surface area contributed by atoms with Gasteiger partial charge in [-0.2, -0.15) is 0 Å². The van der Waals surface area contributed by atoms with E-state index < -0.39 is 0 Å². The van der Waals surface area contributed by atoms with Gasteiger partial charge in [-0.1, -0.05) is 51.4 Å². The number of anilines is 1. The van der Waals surface area contributed by atoms with Gasteiger partial charge < -0.3 is 10.2 Å². The highest BCUT2D eigenvalue weighted by atomic mass is 35.5. The summed E-state index contributed by atoms with van der Waals surface area (Å²) in [4.78, 5) is 14.2. The van der Waals surface area contributed by atoms with E-state index in [1.165, 1.54) is 0 Å². The molecule has 0 heterocycles. The van der Waals surface area contributed by atoms with E-state index in [-0.39, 0.29) is 12.5 Å². The molecule has 1 rings (SSSR count). The molecular formula is C16H25ClN2O. The number of amides is 1. The molecule has 0 aliphatic rings. The molecule has 1 amide bonds. The molecular weight excluding hydrogens is 272 g/mol. The summed E-state index contributed by atoms with van der Waals surface area (Å²) >= 11 is 6.07. The van der Waals surface area contributed by atoms with Crippen LogP contribution in [0.2, 0.25) is 5.02 Å². The van der Waals surface area contributed by atoms with Crippen molar-refractivity contribution in [1.82, 2.24) is 4.90 Å². The van der Waals surface area contributed by atoms with Crippen LogP contribution in [0.3, 0.4) is 0 Å². The fourth-order valence-electron chi connectivity index (χ4n) is 2.05. The smallest absolute Gasteiger partial charge is 0.241 e. The van der Waals surface area contributed by atoms with E-state index in [9.17, 15) is 4.79 Å². The molecule has 0 aliphatic heterocycles. The van der Waals surface area contributed by atoms with Crippen molar-refractivity contribution in [2.24, 2.45) is 11.8 Å². The van der Waals surface area contributed by atoms with Gasteiger partial charge in [0.1, 0.15) is 0 Å². The first-order valence-corrected chi connectivity index (χ1v) is 7.54. The zero-order valence-electron chi connectivity index (χ0n) is 12.8. The third-order valence-electron chi connectivity index (χ3n) is 2.83. The van der Waals surface area contributed by atoms with Gasteiger partial charge in [0.05, 0.1) is 17.3 Å². The van der Waals surface area contributed by atoms with Crippen molar-refractivity contribution in [1.29, 1.82) is 0 Å². The number of carbonyl (C=O) groups is 1. The lowest BCUT2D eigenvalue weighted by Gasteiger charge is -2.26. The molecule has 20 heavy (non-hydrogen) atoms. The van der Waals surface area contributed by atoms with Gasteiger partial charge in [0.25, 0.3) is 0 Å². The van der Waals surface area contributed by atoms with Crippen LogP contribution in [0.15, 0.2) is 24.3 Å². The second kappa shape index (κ2) is 8.15. The lowest BCUT2D eigenvalue weighted by Crippen LogP contribution is -2.40. The van der Waals surface area contributed by atoms with Crippen LogP contribution in [0, 0.1) is 11.8 Å². The molecule has 0 aromatic heterocycles. The highest BCUT2D eigenvalue weighted by molar-refractivity contribution is 6.33. The molecule has 4 heteroatoms. The maximum Gasteiger partial charge on any atom is 0.241 e. The summed E-state index contributed by atoms with van der Waals surface area (Å²) in [5.41, 5.74) is 0.802. The number of rotatable bonds is 7. The average Bonchev–Trinajstić information content (AvgIpc) is 2.35. The van der Waals surface area contributed by atoms with Crippen molar-refractivity contribution in [2.45, 2.75) is 27.7 Å². The van der Waals surface area contributed by atoms with Crippen LogP contribution in [-0.2, 0) is 4.79 Å². The zero-order valence-corrected chi connectivity index (χ0v) is 13.6. The summed E-state index contributed by atoms with van der Waals surface area (Å²) in [6.07, 6.45) is 0. The van der Waals surface area contributed by atoms with Gasteiger partial charge in [-0.05, 0) is 24.0 Å². The summed E-state index contributed by atoms with van der Waals surface area (Å²) in [5.74, 6) is 1.06. The summed E-state index contributed by atoms with van der Waals surface area (Å²) in [7, 11) is 0. The molecule has 1 N–H and O–H groups in total. The normalized spacial score (nSPS) is 10.9. The van der Waals surface area contributed by atoms with E-state index in [1.807, 2.05) is 29.2 Å². The highest BCUT2D eigenvalue weighted by Gasteiger charge is 2.16. The Morgan fingerprint density at radius 2 is 1.70 bits per heavy atom. The second-order valence-corrected chi connectivity index (χ2v) is 6.33. The molecule has 0 unspecified atom stereocenters. The molecule has 0 saturated carbocycles. The summed E-state index contributed by atoms with van der Waals surface area (Å²) < 4.78 is 0. The number of para-hydroxylation sites is 1. The molecule has 0 bridgehead atoms. The maximum atomic E-state index is 12.3. The van der Waals surface area contributed by atoms with E-state index in [4.69, 9.17) is 11.6 Å². The summed E-state index contributed by atoms with van der Waals surface area (Å²) in [5, 5.41) is 3.76.